The van der Waals surface area contributed by atoms with E-state index < -0.39 is 0 Å². The predicted octanol–water partition coefficient (Wildman–Crippen LogP) is 4.15. The molecular formula is C19H23N3O2. The Labute approximate surface area is 142 Å². The van der Waals surface area contributed by atoms with Crippen molar-refractivity contribution in [1.82, 2.24) is 4.90 Å². The van der Waals surface area contributed by atoms with E-state index in [1.807, 2.05) is 12.1 Å². The lowest BCUT2D eigenvalue weighted by molar-refractivity contribution is -0.385. The Bertz CT molecular complexity index is 697. The van der Waals surface area contributed by atoms with Crippen molar-refractivity contribution in [2.45, 2.75) is 25.8 Å². The van der Waals surface area contributed by atoms with E-state index in [0.717, 1.165) is 25.3 Å². The molecule has 1 N–H and O–H groups in total. The van der Waals surface area contributed by atoms with E-state index in [1.54, 1.807) is 19.1 Å². The van der Waals surface area contributed by atoms with Crippen LogP contribution in [-0.4, -0.2) is 29.5 Å². The largest absolute Gasteiger partial charge is 0.377 e. The van der Waals surface area contributed by atoms with E-state index in [1.165, 1.54) is 18.4 Å². The van der Waals surface area contributed by atoms with Gasteiger partial charge in [0, 0.05) is 23.9 Å². The molecule has 0 aliphatic carbocycles. The van der Waals surface area contributed by atoms with Crippen molar-refractivity contribution in [2.75, 3.05) is 25.0 Å². The topological polar surface area (TPSA) is 58.4 Å². The highest BCUT2D eigenvalue weighted by Gasteiger charge is 2.19. The number of nitrogens with one attached hydrogen (secondary N) is 1. The van der Waals surface area contributed by atoms with Gasteiger partial charge < -0.3 is 10.2 Å². The number of likely N-dealkylation sites (tertiary alicyclic amines) is 1. The van der Waals surface area contributed by atoms with Crippen molar-refractivity contribution in [3.05, 3.63) is 69.8 Å². The molecule has 24 heavy (non-hydrogen) atoms. The SMILES string of the molecule is Cc1cc(N[C@H](CN2CCCC2)c2ccccc2)ccc1[N+](=O)[O-]. The summed E-state index contributed by atoms with van der Waals surface area (Å²) < 4.78 is 0. The molecule has 1 fully saturated rings. The van der Waals surface area contributed by atoms with Crippen LogP contribution in [0.2, 0.25) is 0 Å². The van der Waals surface area contributed by atoms with Crippen molar-refractivity contribution in [3.63, 3.8) is 0 Å². The van der Waals surface area contributed by atoms with Crippen LogP contribution in [0.4, 0.5) is 11.4 Å². The van der Waals surface area contributed by atoms with Crippen LogP contribution in [0.25, 0.3) is 0 Å². The Hall–Kier alpha value is -2.40. The van der Waals surface area contributed by atoms with E-state index in [-0.39, 0.29) is 16.7 Å². The van der Waals surface area contributed by atoms with Crippen LogP contribution >= 0.6 is 0 Å². The minimum atomic E-state index is -0.335. The second-order valence-electron chi connectivity index (χ2n) is 6.37. The normalized spacial score (nSPS) is 16.0. The van der Waals surface area contributed by atoms with E-state index in [9.17, 15) is 10.1 Å². The Morgan fingerprint density at radius 1 is 1.17 bits per heavy atom. The number of nitro groups is 1. The van der Waals surface area contributed by atoms with Gasteiger partial charge in [-0.05, 0) is 50.6 Å². The van der Waals surface area contributed by atoms with Crippen LogP contribution in [0.5, 0.6) is 0 Å². The van der Waals surface area contributed by atoms with E-state index in [4.69, 9.17) is 0 Å². The molecule has 2 aromatic carbocycles. The molecular weight excluding hydrogens is 302 g/mol. The molecule has 0 spiro atoms. The number of anilines is 1. The van der Waals surface area contributed by atoms with Gasteiger partial charge in [0.2, 0.25) is 0 Å². The van der Waals surface area contributed by atoms with Gasteiger partial charge in [0.15, 0.2) is 0 Å². The van der Waals surface area contributed by atoms with Gasteiger partial charge in [-0.2, -0.15) is 0 Å². The molecule has 1 aliphatic heterocycles. The molecule has 0 aromatic heterocycles. The van der Waals surface area contributed by atoms with E-state index in [2.05, 4.69) is 34.5 Å². The maximum atomic E-state index is 11.0. The summed E-state index contributed by atoms with van der Waals surface area (Å²) in [7, 11) is 0. The highest BCUT2D eigenvalue weighted by atomic mass is 16.6. The summed E-state index contributed by atoms with van der Waals surface area (Å²) in [6.45, 7) is 5.01. The minimum Gasteiger partial charge on any atom is -0.377 e. The van der Waals surface area contributed by atoms with Crippen LogP contribution in [0.1, 0.15) is 30.0 Å². The fourth-order valence-electron chi connectivity index (χ4n) is 3.29. The minimum absolute atomic E-state index is 0.163. The summed E-state index contributed by atoms with van der Waals surface area (Å²) in [5.74, 6) is 0. The van der Waals surface area contributed by atoms with Gasteiger partial charge in [-0.1, -0.05) is 30.3 Å². The Morgan fingerprint density at radius 2 is 1.88 bits per heavy atom. The molecule has 1 saturated heterocycles. The van der Waals surface area contributed by atoms with Crippen LogP contribution in [-0.2, 0) is 0 Å². The molecule has 2 aromatic rings. The number of nitro benzene ring substituents is 1. The van der Waals surface area contributed by atoms with Gasteiger partial charge in [0.25, 0.3) is 5.69 Å². The average Bonchev–Trinajstić information content (AvgIpc) is 3.08. The Kier molecular flexibility index (Phi) is 5.11. The molecule has 3 rings (SSSR count). The van der Waals surface area contributed by atoms with Gasteiger partial charge in [-0.25, -0.2) is 0 Å². The second kappa shape index (κ2) is 7.45. The molecule has 5 nitrogen and oxygen atoms in total. The van der Waals surface area contributed by atoms with Gasteiger partial charge in [-0.3, -0.25) is 10.1 Å². The Balaban J connectivity index is 1.80. The van der Waals surface area contributed by atoms with Gasteiger partial charge in [0.05, 0.1) is 11.0 Å². The van der Waals surface area contributed by atoms with Crippen molar-refractivity contribution in [2.24, 2.45) is 0 Å². The zero-order chi connectivity index (χ0) is 16.9. The van der Waals surface area contributed by atoms with Crippen LogP contribution in [0.15, 0.2) is 48.5 Å². The molecule has 0 unspecified atom stereocenters. The quantitative estimate of drug-likeness (QED) is 0.640. The summed E-state index contributed by atoms with van der Waals surface area (Å²) in [5, 5.41) is 14.6. The highest BCUT2D eigenvalue weighted by Crippen LogP contribution is 2.26. The maximum Gasteiger partial charge on any atom is 0.272 e. The van der Waals surface area contributed by atoms with Gasteiger partial charge in [0.1, 0.15) is 0 Å². The molecule has 1 aliphatic rings. The summed E-state index contributed by atoms with van der Waals surface area (Å²) in [6, 6.07) is 15.8. The molecule has 0 saturated carbocycles. The van der Waals surface area contributed by atoms with Crippen LogP contribution < -0.4 is 5.32 Å². The van der Waals surface area contributed by atoms with E-state index >= 15 is 0 Å². The number of aryl methyl sites for hydroxylation is 1. The first-order valence-corrected chi connectivity index (χ1v) is 8.42. The highest BCUT2D eigenvalue weighted by molar-refractivity contribution is 5.54. The number of hydrogen-bond acceptors (Lipinski definition) is 4. The zero-order valence-electron chi connectivity index (χ0n) is 13.9. The van der Waals surface area contributed by atoms with E-state index in [0.29, 0.717) is 5.56 Å². The Morgan fingerprint density at radius 3 is 2.50 bits per heavy atom. The number of nitrogens with zero attached hydrogens (tertiary/aromatic N) is 2. The maximum absolute atomic E-state index is 11.0. The van der Waals surface area contributed by atoms with Crippen molar-refractivity contribution < 1.29 is 4.92 Å². The lowest BCUT2D eigenvalue weighted by Crippen LogP contribution is -2.29. The molecule has 0 radical (unpaired) electrons. The van der Waals surface area contributed by atoms with Crippen molar-refractivity contribution >= 4 is 11.4 Å². The molecule has 5 heteroatoms. The number of rotatable bonds is 6. The third-order valence-electron chi connectivity index (χ3n) is 4.58. The van der Waals surface area contributed by atoms with Gasteiger partial charge in [-0.15, -0.1) is 0 Å². The third-order valence-corrected chi connectivity index (χ3v) is 4.58. The third kappa shape index (κ3) is 3.92. The van der Waals surface area contributed by atoms with Crippen molar-refractivity contribution in [3.8, 4) is 0 Å². The standard InChI is InChI=1S/C19H23N3O2/c1-15-13-17(9-10-19(15)22(23)24)20-18(14-21-11-5-6-12-21)16-7-3-2-4-8-16/h2-4,7-10,13,18,20H,5-6,11-12,14H2,1H3/t18-/m1/s1. The summed E-state index contributed by atoms with van der Waals surface area (Å²) in [4.78, 5) is 13.1. The summed E-state index contributed by atoms with van der Waals surface area (Å²) >= 11 is 0. The fraction of sp³-hybridized carbons (Fsp3) is 0.368. The lowest BCUT2D eigenvalue weighted by Gasteiger charge is -2.26. The molecule has 1 heterocycles. The summed E-state index contributed by atoms with van der Waals surface area (Å²) in [6.07, 6.45) is 2.52. The fourth-order valence-corrected chi connectivity index (χ4v) is 3.29. The number of hydrogen-bond donors (Lipinski definition) is 1. The second-order valence-corrected chi connectivity index (χ2v) is 6.37. The smallest absolute Gasteiger partial charge is 0.272 e. The first-order chi connectivity index (χ1) is 11.6. The lowest BCUT2D eigenvalue weighted by atomic mass is 10.1. The van der Waals surface area contributed by atoms with Crippen LogP contribution in [0.3, 0.4) is 0 Å². The monoisotopic (exact) mass is 325 g/mol. The average molecular weight is 325 g/mol. The molecule has 0 amide bonds. The molecule has 126 valence electrons. The summed E-state index contributed by atoms with van der Waals surface area (Å²) in [5.41, 5.74) is 3.00. The first-order valence-electron chi connectivity index (χ1n) is 8.42. The predicted molar refractivity (Wildman–Crippen MR) is 96.3 cm³/mol. The van der Waals surface area contributed by atoms with Crippen molar-refractivity contribution in [1.29, 1.82) is 0 Å². The first kappa shape index (κ1) is 16.5. The molecule has 1 atom stereocenters. The van der Waals surface area contributed by atoms with Gasteiger partial charge >= 0.3 is 0 Å². The van der Waals surface area contributed by atoms with Crippen LogP contribution in [0, 0.1) is 17.0 Å². The molecule has 0 bridgehead atoms. The zero-order valence-corrected chi connectivity index (χ0v) is 13.9. The number of benzene rings is 2.